The van der Waals surface area contributed by atoms with E-state index in [-0.39, 0.29) is 17.3 Å². The Balaban J connectivity index is 1.63. The van der Waals surface area contributed by atoms with Gasteiger partial charge in [0.25, 0.3) is 0 Å². The third-order valence-electron chi connectivity index (χ3n) is 5.23. The zero-order valence-corrected chi connectivity index (χ0v) is 14.9. The van der Waals surface area contributed by atoms with Gasteiger partial charge in [0.1, 0.15) is 5.82 Å². The molecule has 2 aliphatic rings. The minimum Gasteiger partial charge on any atom is -0.381 e. The van der Waals surface area contributed by atoms with Crippen LogP contribution in [0.2, 0.25) is 0 Å². The molecule has 0 saturated carbocycles. The van der Waals surface area contributed by atoms with Crippen LogP contribution in [0.3, 0.4) is 0 Å². The van der Waals surface area contributed by atoms with E-state index in [1.165, 1.54) is 6.07 Å². The quantitative estimate of drug-likeness (QED) is 0.632. The summed E-state index contributed by atoms with van der Waals surface area (Å²) in [6.07, 6.45) is 4.22. The van der Waals surface area contributed by atoms with E-state index in [9.17, 15) is 4.39 Å². The lowest BCUT2D eigenvalue weighted by atomic mass is 9.74. The molecule has 1 aromatic carbocycles. The molecule has 2 N–H and O–H groups in total. The molecule has 6 heteroatoms. The highest BCUT2D eigenvalue weighted by atomic mass is 19.1. The van der Waals surface area contributed by atoms with Crippen molar-refractivity contribution in [3.63, 3.8) is 0 Å². The van der Waals surface area contributed by atoms with Gasteiger partial charge in [0.15, 0.2) is 5.96 Å². The smallest absolute Gasteiger partial charge is 0.191 e. The normalized spacial score (nSPS) is 23.4. The molecule has 0 bridgehead atoms. The summed E-state index contributed by atoms with van der Waals surface area (Å²) in [7, 11) is 1.77. The minimum atomic E-state index is -0.191. The van der Waals surface area contributed by atoms with Crippen LogP contribution >= 0.6 is 0 Å². The fourth-order valence-electron chi connectivity index (χ4n) is 3.64. The molecule has 0 aliphatic carbocycles. The van der Waals surface area contributed by atoms with Crippen LogP contribution < -0.4 is 10.6 Å². The molecule has 1 atom stereocenters. The van der Waals surface area contributed by atoms with Gasteiger partial charge in [-0.15, -0.1) is 0 Å². The first kappa shape index (κ1) is 18.1. The number of benzene rings is 1. The van der Waals surface area contributed by atoms with E-state index in [1.807, 2.05) is 6.07 Å². The molecule has 0 aromatic heterocycles. The molecule has 3 rings (SSSR count). The number of hydrogen-bond donors (Lipinski definition) is 2. The zero-order valence-electron chi connectivity index (χ0n) is 14.9. The highest BCUT2D eigenvalue weighted by molar-refractivity contribution is 5.79. The molecule has 2 saturated heterocycles. The summed E-state index contributed by atoms with van der Waals surface area (Å²) in [5, 5.41) is 6.77. The van der Waals surface area contributed by atoms with Crippen molar-refractivity contribution in [2.24, 2.45) is 4.99 Å². The van der Waals surface area contributed by atoms with Gasteiger partial charge in [0.2, 0.25) is 0 Å². The topological polar surface area (TPSA) is 54.9 Å². The third kappa shape index (κ3) is 4.70. The predicted octanol–water partition coefficient (Wildman–Crippen LogP) is 2.22. The van der Waals surface area contributed by atoms with E-state index < -0.39 is 0 Å². The Labute approximate surface area is 149 Å². The number of nitrogens with zero attached hydrogens (tertiary/aromatic N) is 1. The second-order valence-corrected chi connectivity index (χ2v) is 6.84. The van der Waals surface area contributed by atoms with E-state index >= 15 is 0 Å². The molecule has 2 aliphatic heterocycles. The Morgan fingerprint density at radius 2 is 2.12 bits per heavy atom. The Morgan fingerprint density at radius 1 is 1.28 bits per heavy atom. The fourth-order valence-corrected chi connectivity index (χ4v) is 3.64. The van der Waals surface area contributed by atoms with Gasteiger partial charge in [-0.2, -0.15) is 0 Å². The van der Waals surface area contributed by atoms with E-state index in [2.05, 4.69) is 15.6 Å². The summed E-state index contributed by atoms with van der Waals surface area (Å²) in [6, 6.07) is 6.94. The molecule has 5 nitrogen and oxygen atoms in total. The number of rotatable bonds is 5. The van der Waals surface area contributed by atoms with Crippen molar-refractivity contribution in [3.8, 4) is 0 Å². The van der Waals surface area contributed by atoms with Gasteiger partial charge in [-0.05, 0) is 43.4 Å². The number of ether oxygens (including phenoxy) is 2. The Kier molecular flexibility index (Phi) is 6.26. The fraction of sp³-hybridized carbons (Fsp3) is 0.632. The summed E-state index contributed by atoms with van der Waals surface area (Å²) < 4.78 is 24.9. The van der Waals surface area contributed by atoms with Gasteiger partial charge in [-0.1, -0.05) is 12.1 Å². The first-order valence-corrected chi connectivity index (χ1v) is 9.12. The number of aliphatic imine (C=N–C) groups is 1. The van der Waals surface area contributed by atoms with Crippen LogP contribution in [0.15, 0.2) is 29.3 Å². The Bertz CT molecular complexity index is 582. The first-order chi connectivity index (χ1) is 12.2. The van der Waals surface area contributed by atoms with E-state index in [0.717, 1.165) is 50.4 Å². The first-order valence-electron chi connectivity index (χ1n) is 9.12. The monoisotopic (exact) mass is 349 g/mol. The maximum Gasteiger partial charge on any atom is 0.191 e. The molecular formula is C19H28FN3O2. The van der Waals surface area contributed by atoms with Crippen LogP contribution in [-0.4, -0.2) is 52.0 Å². The number of halogens is 1. The lowest BCUT2D eigenvalue weighted by molar-refractivity contribution is 0.0512. The van der Waals surface area contributed by atoms with Gasteiger partial charge in [-0.25, -0.2) is 4.39 Å². The third-order valence-corrected chi connectivity index (χ3v) is 5.23. The summed E-state index contributed by atoms with van der Waals surface area (Å²) in [5.74, 6) is 0.571. The number of nitrogens with one attached hydrogen (secondary N) is 2. The van der Waals surface area contributed by atoms with Crippen LogP contribution in [0, 0.1) is 5.82 Å². The predicted molar refractivity (Wildman–Crippen MR) is 96.5 cm³/mol. The molecule has 1 aromatic rings. The Morgan fingerprint density at radius 3 is 2.80 bits per heavy atom. The van der Waals surface area contributed by atoms with Crippen LogP contribution in [0.25, 0.3) is 0 Å². The summed E-state index contributed by atoms with van der Waals surface area (Å²) in [6.45, 7) is 3.70. The highest BCUT2D eigenvalue weighted by Crippen LogP contribution is 2.34. The Hall–Kier alpha value is -1.66. The van der Waals surface area contributed by atoms with Gasteiger partial charge in [0, 0.05) is 45.4 Å². The average Bonchev–Trinajstić information content (AvgIpc) is 3.16. The zero-order chi connectivity index (χ0) is 17.5. The molecule has 0 radical (unpaired) electrons. The summed E-state index contributed by atoms with van der Waals surface area (Å²) in [5.41, 5.74) is 0.889. The van der Waals surface area contributed by atoms with E-state index in [0.29, 0.717) is 19.8 Å². The van der Waals surface area contributed by atoms with Crippen LogP contribution in [0.4, 0.5) is 4.39 Å². The molecule has 0 spiro atoms. The molecule has 1 unspecified atom stereocenters. The van der Waals surface area contributed by atoms with Crippen LogP contribution in [0.1, 0.15) is 31.2 Å². The minimum absolute atomic E-state index is 0.137. The van der Waals surface area contributed by atoms with Crippen molar-refractivity contribution in [1.82, 2.24) is 10.6 Å². The van der Waals surface area contributed by atoms with E-state index in [4.69, 9.17) is 9.47 Å². The van der Waals surface area contributed by atoms with Crippen molar-refractivity contribution < 1.29 is 13.9 Å². The van der Waals surface area contributed by atoms with Gasteiger partial charge < -0.3 is 20.1 Å². The van der Waals surface area contributed by atoms with Crippen molar-refractivity contribution in [3.05, 3.63) is 35.6 Å². The highest BCUT2D eigenvalue weighted by Gasteiger charge is 2.35. The summed E-state index contributed by atoms with van der Waals surface area (Å²) >= 11 is 0. The van der Waals surface area contributed by atoms with Crippen molar-refractivity contribution >= 4 is 5.96 Å². The van der Waals surface area contributed by atoms with Crippen molar-refractivity contribution in [2.75, 3.05) is 40.0 Å². The molecule has 25 heavy (non-hydrogen) atoms. The standard InChI is InChI=1S/C19H28FN3O2/c1-21-18(22-13-17-6-3-9-25-17)23-14-19(7-10-24-11-8-19)15-4-2-5-16(20)12-15/h2,4-5,12,17H,3,6-11,13-14H2,1H3,(H2,21,22,23). The second-order valence-electron chi connectivity index (χ2n) is 6.84. The maximum atomic E-state index is 13.7. The van der Waals surface area contributed by atoms with E-state index in [1.54, 1.807) is 19.2 Å². The summed E-state index contributed by atoms with van der Waals surface area (Å²) in [4.78, 5) is 4.31. The number of hydrogen-bond acceptors (Lipinski definition) is 3. The largest absolute Gasteiger partial charge is 0.381 e. The van der Waals surface area contributed by atoms with Gasteiger partial charge in [-0.3, -0.25) is 4.99 Å². The second kappa shape index (κ2) is 8.63. The van der Waals surface area contributed by atoms with Gasteiger partial charge in [0.05, 0.1) is 6.10 Å². The lowest BCUT2D eigenvalue weighted by Crippen LogP contribution is -2.49. The van der Waals surface area contributed by atoms with Crippen LogP contribution in [-0.2, 0) is 14.9 Å². The maximum absolute atomic E-state index is 13.7. The van der Waals surface area contributed by atoms with Gasteiger partial charge >= 0.3 is 0 Å². The van der Waals surface area contributed by atoms with Crippen LogP contribution in [0.5, 0.6) is 0 Å². The lowest BCUT2D eigenvalue weighted by Gasteiger charge is -2.38. The molecule has 0 amide bonds. The SMILES string of the molecule is CN=C(NCC1CCCO1)NCC1(c2cccc(F)c2)CCOCC1. The average molecular weight is 349 g/mol. The molecule has 2 heterocycles. The molecule has 138 valence electrons. The van der Waals surface area contributed by atoms with Crippen molar-refractivity contribution in [2.45, 2.75) is 37.2 Å². The molecular weight excluding hydrogens is 321 g/mol. The van der Waals surface area contributed by atoms with Crippen molar-refractivity contribution in [1.29, 1.82) is 0 Å². The molecule has 2 fully saturated rings. The number of guanidine groups is 1.